The number of nitrogens with zero attached hydrogens (tertiary/aromatic N) is 1. The van der Waals surface area contributed by atoms with Crippen molar-refractivity contribution in [1.29, 1.82) is 5.41 Å². The Hall–Kier alpha value is -2.97. The lowest BCUT2D eigenvalue weighted by Gasteiger charge is -2.29. The summed E-state index contributed by atoms with van der Waals surface area (Å²) in [6, 6.07) is 3.45. The third-order valence-corrected chi connectivity index (χ3v) is 3.77. The summed E-state index contributed by atoms with van der Waals surface area (Å²) < 4.78 is 22.5. The number of hydrogen-bond donors (Lipinski definition) is 2. The van der Waals surface area contributed by atoms with Gasteiger partial charge in [0.2, 0.25) is 0 Å². The number of carbonyl (C=O) groups excluding carboxylic acids is 2. The molecule has 0 atom stereocenters. The van der Waals surface area contributed by atoms with Gasteiger partial charge in [-0.25, -0.2) is 14.5 Å². The van der Waals surface area contributed by atoms with Crippen molar-refractivity contribution in [2.45, 2.75) is 79.6 Å². The molecular weight excluding hydrogens is 414 g/mol. The monoisotopic (exact) mass is 451 g/mol. The van der Waals surface area contributed by atoms with Gasteiger partial charge in [0, 0.05) is 6.42 Å². The van der Waals surface area contributed by atoms with Crippen LogP contribution in [-0.2, 0) is 22.4 Å². The van der Waals surface area contributed by atoms with Gasteiger partial charge >= 0.3 is 12.2 Å². The van der Waals surface area contributed by atoms with E-state index in [0.717, 1.165) is 4.90 Å². The van der Waals surface area contributed by atoms with Crippen LogP contribution in [0.4, 0.5) is 9.59 Å². The molecule has 2 amide bonds. The van der Waals surface area contributed by atoms with Crippen molar-refractivity contribution in [2.75, 3.05) is 13.2 Å². The van der Waals surface area contributed by atoms with Gasteiger partial charge in [-0.15, -0.1) is 0 Å². The molecule has 1 rings (SSSR count). The van der Waals surface area contributed by atoms with E-state index in [2.05, 4.69) is 0 Å². The highest BCUT2D eigenvalue weighted by atomic mass is 16.6. The molecule has 1 aromatic carbocycles. The average Bonchev–Trinajstić information content (AvgIpc) is 2.57. The second kappa shape index (κ2) is 11.1. The Morgan fingerprint density at radius 2 is 1.31 bits per heavy atom. The van der Waals surface area contributed by atoms with Crippen molar-refractivity contribution < 1.29 is 28.5 Å². The topological polar surface area (TPSA) is 124 Å². The van der Waals surface area contributed by atoms with E-state index in [1.807, 2.05) is 13.8 Å². The van der Waals surface area contributed by atoms with E-state index in [-0.39, 0.29) is 18.8 Å². The lowest BCUT2D eigenvalue weighted by atomic mass is 10.0. The molecule has 0 aliphatic carbocycles. The number of amides is 2. The molecule has 0 aromatic heterocycles. The fraction of sp³-hybridized carbons (Fsp3) is 0.609. The zero-order chi connectivity index (χ0) is 24.7. The van der Waals surface area contributed by atoms with Gasteiger partial charge in [-0.05, 0) is 73.1 Å². The molecule has 3 N–H and O–H groups in total. The smallest absolute Gasteiger partial charge is 0.420 e. The number of nitrogens with one attached hydrogen (secondary N) is 1. The van der Waals surface area contributed by atoms with Gasteiger partial charge in [0.05, 0.1) is 31.2 Å². The Morgan fingerprint density at radius 1 is 0.906 bits per heavy atom. The van der Waals surface area contributed by atoms with Gasteiger partial charge < -0.3 is 24.7 Å². The Bertz CT molecular complexity index is 769. The minimum atomic E-state index is -0.843. The summed E-state index contributed by atoms with van der Waals surface area (Å²) in [6.45, 7) is 14.4. The zero-order valence-corrected chi connectivity index (χ0v) is 20.5. The van der Waals surface area contributed by atoms with Crippen LogP contribution in [0.5, 0.6) is 11.5 Å². The number of ether oxygens (including phenoxy) is 4. The molecule has 0 fully saturated rings. The molecule has 180 valence electrons. The predicted molar refractivity (Wildman–Crippen MR) is 122 cm³/mol. The molecular formula is C23H37N3O6. The number of rotatable bonds is 8. The summed E-state index contributed by atoms with van der Waals surface area (Å²) in [5, 5.41) is 7.59. The van der Waals surface area contributed by atoms with Gasteiger partial charge in [-0.2, -0.15) is 0 Å². The van der Waals surface area contributed by atoms with Crippen molar-refractivity contribution in [1.82, 2.24) is 4.90 Å². The molecule has 1 aromatic rings. The van der Waals surface area contributed by atoms with E-state index in [1.165, 1.54) is 0 Å². The Balaban J connectivity index is 3.51. The van der Waals surface area contributed by atoms with E-state index in [0.29, 0.717) is 35.8 Å². The number of imide groups is 1. The molecule has 9 nitrogen and oxygen atoms in total. The molecule has 0 aliphatic rings. The normalized spacial score (nSPS) is 11.5. The van der Waals surface area contributed by atoms with Gasteiger partial charge in [0.1, 0.15) is 22.7 Å². The SMILES string of the molecule is CCOc1cc(CC(=N)N)cc(OCC)c1CN(C(=O)OC(C)(C)C)C(=O)OC(C)(C)C. The minimum absolute atomic E-state index is 0.00761. The number of benzene rings is 1. The average molecular weight is 452 g/mol. The molecule has 0 bridgehead atoms. The van der Waals surface area contributed by atoms with E-state index in [4.69, 9.17) is 30.1 Å². The summed E-state index contributed by atoms with van der Waals surface area (Å²) in [6.07, 6.45) is -1.48. The Kier molecular flexibility index (Phi) is 9.35. The van der Waals surface area contributed by atoms with Gasteiger partial charge in [0.15, 0.2) is 0 Å². The predicted octanol–water partition coefficient (Wildman–Crippen LogP) is 4.63. The Labute approximate surface area is 190 Å². The second-order valence-electron chi connectivity index (χ2n) is 9.19. The standard InChI is InChI=1S/C23H37N3O6/c1-9-29-17-11-15(13-19(24)25)12-18(30-10-2)16(17)14-26(20(27)31-22(3,4)5)21(28)32-23(6,7)8/h11-12H,9-10,13-14H2,1-8H3,(H3,24,25). The molecule has 0 unspecified atom stereocenters. The largest absolute Gasteiger partial charge is 0.493 e. The molecule has 0 radical (unpaired) electrons. The first-order valence-electron chi connectivity index (χ1n) is 10.6. The third-order valence-electron chi connectivity index (χ3n) is 3.77. The fourth-order valence-electron chi connectivity index (χ4n) is 2.72. The van der Waals surface area contributed by atoms with Crippen LogP contribution in [0.1, 0.15) is 66.5 Å². The van der Waals surface area contributed by atoms with Crippen molar-refractivity contribution in [3.63, 3.8) is 0 Å². The van der Waals surface area contributed by atoms with Gasteiger partial charge in [-0.1, -0.05) is 0 Å². The van der Waals surface area contributed by atoms with E-state index < -0.39 is 23.4 Å². The molecule has 0 aliphatic heterocycles. The number of amidine groups is 1. The minimum Gasteiger partial charge on any atom is -0.493 e. The first kappa shape index (κ1) is 27.1. The lowest BCUT2D eigenvalue weighted by molar-refractivity contribution is -0.000446. The maximum atomic E-state index is 12.9. The molecule has 9 heteroatoms. The lowest BCUT2D eigenvalue weighted by Crippen LogP contribution is -2.43. The molecule has 32 heavy (non-hydrogen) atoms. The summed E-state index contributed by atoms with van der Waals surface area (Å²) in [5.41, 5.74) is 5.14. The van der Waals surface area contributed by atoms with Gasteiger partial charge in [0.25, 0.3) is 0 Å². The van der Waals surface area contributed by atoms with E-state index >= 15 is 0 Å². The van der Waals surface area contributed by atoms with Crippen molar-refractivity contribution in [3.8, 4) is 11.5 Å². The number of nitrogens with two attached hydrogens (primary N) is 1. The molecule has 0 saturated carbocycles. The highest BCUT2D eigenvalue weighted by molar-refractivity contribution is 5.88. The van der Waals surface area contributed by atoms with Gasteiger partial charge in [-0.3, -0.25) is 5.41 Å². The van der Waals surface area contributed by atoms with E-state index in [1.54, 1.807) is 53.7 Å². The van der Waals surface area contributed by atoms with Crippen LogP contribution < -0.4 is 15.2 Å². The summed E-state index contributed by atoms with van der Waals surface area (Å²) >= 11 is 0. The highest BCUT2D eigenvalue weighted by Crippen LogP contribution is 2.33. The van der Waals surface area contributed by atoms with Crippen LogP contribution in [0.25, 0.3) is 0 Å². The second-order valence-corrected chi connectivity index (χ2v) is 9.19. The van der Waals surface area contributed by atoms with Crippen LogP contribution >= 0.6 is 0 Å². The highest BCUT2D eigenvalue weighted by Gasteiger charge is 2.33. The van der Waals surface area contributed by atoms with Crippen LogP contribution in [0.2, 0.25) is 0 Å². The Morgan fingerprint density at radius 3 is 1.62 bits per heavy atom. The molecule has 0 spiro atoms. The maximum Gasteiger partial charge on any atom is 0.420 e. The first-order valence-corrected chi connectivity index (χ1v) is 10.6. The maximum absolute atomic E-state index is 12.9. The van der Waals surface area contributed by atoms with Crippen molar-refractivity contribution in [2.24, 2.45) is 5.73 Å². The summed E-state index contributed by atoms with van der Waals surface area (Å²) in [7, 11) is 0. The summed E-state index contributed by atoms with van der Waals surface area (Å²) in [5.74, 6) is 0.838. The summed E-state index contributed by atoms with van der Waals surface area (Å²) in [4.78, 5) is 26.7. The zero-order valence-electron chi connectivity index (χ0n) is 20.5. The quantitative estimate of drug-likeness (QED) is 0.436. The molecule has 0 saturated heterocycles. The third kappa shape index (κ3) is 9.03. The number of hydrogen-bond acceptors (Lipinski definition) is 7. The van der Waals surface area contributed by atoms with Crippen LogP contribution in [0, 0.1) is 5.41 Å². The van der Waals surface area contributed by atoms with E-state index in [9.17, 15) is 9.59 Å². The first-order chi connectivity index (χ1) is 14.7. The molecule has 0 heterocycles. The van der Waals surface area contributed by atoms with Crippen LogP contribution in [-0.4, -0.2) is 47.3 Å². The van der Waals surface area contributed by atoms with Crippen molar-refractivity contribution in [3.05, 3.63) is 23.3 Å². The van der Waals surface area contributed by atoms with Crippen molar-refractivity contribution >= 4 is 18.0 Å². The van der Waals surface area contributed by atoms with Crippen LogP contribution in [0.15, 0.2) is 12.1 Å². The number of carbonyl (C=O) groups is 2. The van der Waals surface area contributed by atoms with Crippen LogP contribution in [0.3, 0.4) is 0 Å². The fourth-order valence-corrected chi connectivity index (χ4v) is 2.72.